The zero-order valence-corrected chi connectivity index (χ0v) is 15.5. The Morgan fingerprint density at radius 3 is 2.34 bits per heavy atom. The number of hydrogen-bond donors (Lipinski definition) is 1. The number of benzene rings is 2. The van der Waals surface area contributed by atoms with Gasteiger partial charge in [0, 0.05) is 34.5 Å². The molecule has 29 heavy (non-hydrogen) atoms. The largest absolute Gasteiger partial charge is 0.386 e. The van der Waals surface area contributed by atoms with Gasteiger partial charge in [0.1, 0.15) is 17.5 Å². The Morgan fingerprint density at radius 2 is 1.66 bits per heavy atom. The second-order valence-corrected chi connectivity index (χ2v) is 7.26. The summed E-state index contributed by atoms with van der Waals surface area (Å²) in [4.78, 5) is 4.08. The first-order valence-corrected chi connectivity index (χ1v) is 8.80. The van der Waals surface area contributed by atoms with Crippen LogP contribution in [0.25, 0.3) is 28.0 Å². The van der Waals surface area contributed by atoms with Crippen molar-refractivity contribution in [2.75, 3.05) is 0 Å². The first-order valence-electron chi connectivity index (χ1n) is 8.80. The average molecular weight is 400 g/mol. The lowest BCUT2D eigenvalue weighted by molar-refractivity contribution is 0.0746. The van der Waals surface area contributed by atoms with Gasteiger partial charge in [0.15, 0.2) is 11.5 Å². The van der Waals surface area contributed by atoms with Crippen LogP contribution >= 0.6 is 0 Å². The molecular formula is C22H16F4N2O. The maximum atomic E-state index is 14.8. The highest BCUT2D eigenvalue weighted by Gasteiger charge is 2.24. The van der Waals surface area contributed by atoms with Crippen molar-refractivity contribution in [2.24, 2.45) is 0 Å². The molecule has 2 aromatic carbocycles. The van der Waals surface area contributed by atoms with Gasteiger partial charge < -0.3 is 5.11 Å². The summed E-state index contributed by atoms with van der Waals surface area (Å²) in [6.45, 7) is 2.94. The van der Waals surface area contributed by atoms with Crippen molar-refractivity contribution in [3.05, 3.63) is 83.7 Å². The third-order valence-electron chi connectivity index (χ3n) is 4.76. The maximum Gasteiger partial charge on any atom is 0.174 e. The highest BCUT2D eigenvalue weighted by Crippen LogP contribution is 2.32. The van der Waals surface area contributed by atoms with Crippen molar-refractivity contribution in [3.8, 4) is 22.4 Å². The van der Waals surface area contributed by atoms with Crippen LogP contribution in [0.3, 0.4) is 0 Å². The van der Waals surface area contributed by atoms with Gasteiger partial charge in [0.05, 0.1) is 17.5 Å². The molecule has 3 nitrogen and oxygen atoms in total. The van der Waals surface area contributed by atoms with E-state index in [-0.39, 0.29) is 22.3 Å². The van der Waals surface area contributed by atoms with Gasteiger partial charge in [0.2, 0.25) is 0 Å². The van der Waals surface area contributed by atoms with Crippen molar-refractivity contribution in [1.82, 2.24) is 9.38 Å². The molecule has 0 saturated carbocycles. The molecule has 0 spiro atoms. The maximum absolute atomic E-state index is 14.8. The second-order valence-electron chi connectivity index (χ2n) is 7.26. The fraction of sp³-hybridized carbons (Fsp3) is 0.136. The fourth-order valence-corrected chi connectivity index (χ4v) is 3.30. The smallest absolute Gasteiger partial charge is 0.174 e. The number of imidazole rings is 1. The topological polar surface area (TPSA) is 37.5 Å². The molecular weight excluding hydrogens is 384 g/mol. The average Bonchev–Trinajstić information content (AvgIpc) is 3.07. The molecule has 1 N–H and O–H groups in total. The van der Waals surface area contributed by atoms with Crippen molar-refractivity contribution >= 4 is 5.65 Å². The van der Waals surface area contributed by atoms with Gasteiger partial charge in [-0.15, -0.1) is 0 Å². The van der Waals surface area contributed by atoms with Gasteiger partial charge in [-0.2, -0.15) is 0 Å². The summed E-state index contributed by atoms with van der Waals surface area (Å²) in [7, 11) is 0. The van der Waals surface area contributed by atoms with Gasteiger partial charge in [-0.3, -0.25) is 4.40 Å². The Labute approximate surface area is 163 Å². The van der Waals surface area contributed by atoms with E-state index in [0.717, 1.165) is 18.2 Å². The van der Waals surface area contributed by atoms with Crippen molar-refractivity contribution < 1.29 is 22.7 Å². The summed E-state index contributed by atoms with van der Waals surface area (Å²) in [6.07, 6.45) is 2.96. The number of pyridine rings is 1. The Hall–Kier alpha value is -3.19. The molecule has 4 aromatic rings. The quantitative estimate of drug-likeness (QED) is 0.464. The van der Waals surface area contributed by atoms with E-state index in [4.69, 9.17) is 0 Å². The third-order valence-corrected chi connectivity index (χ3v) is 4.76. The van der Waals surface area contributed by atoms with Crippen LogP contribution in [0.1, 0.15) is 19.4 Å². The van der Waals surface area contributed by atoms with Crippen molar-refractivity contribution in [3.63, 3.8) is 0 Å². The number of aromatic nitrogens is 2. The monoisotopic (exact) mass is 400 g/mol. The molecule has 148 valence electrons. The highest BCUT2D eigenvalue weighted by atomic mass is 19.1. The lowest BCUT2D eigenvalue weighted by Crippen LogP contribution is -2.18. The summed E-state index contributed by atoms with van der Waals surface area (Å²) < 4.78 is 58.0. The number of fused-ring (bicyclic) bond motifs is 1. The molecule has 4 rings (SSSR count). The fourth-order valence-electron chi connectivity index (χ4n) is 3.30. The van der Waals surface area contributed by atoms with Gasteiger partial charge in [-0.05, 0) is 50.2 Å². The molecule has 2 aromatic heterocycles. The third kappa shape index (κ3) is 3.27. The molecule has 2 heterocycles. The summed E-state index contributed by atoms with van der Waals surface area (Å²) in [6, 6.07) is 8.36. The van der Waals surface area contributed by atoms with Gasteiger partial charge in [0.25, 0.3) is 0 Å². The number of nitrogens with zero attached hydrogens (tertiary/aromatic N) is 2. The molecule has 7 heteroatoms. The van der Waals surface area contributed by atoms with Crippen LogP contribution in [0.15, 0.2) is 54.9 Å². The predicted octanol–water partition coefficient (Wildman–Crippen LogP) is 5.45. The molecule has 0 aliphatic heterocycles. The molecule has 0 atom stereocenters. The number of aliphatic hydroxyl groups is 1. The standard InChI is InChI=1S/C22H16F4N2O/c1-22(2,29)16-7-8-28-19(11-27-21(28)20(16)26)12-3-6-17(24)15(9-12)14-5-4-13(23)10-18(14)25/h3-11,29H,1-2H3. The molecule has 0 fully saturated rings. The van der Waals surface area contributed by atoms with Gasteiger partial charge in [-0.25, -0.2) is 22.5 Å². The van der Waals surface area contributed by atoms with E-state index < -0.39 is 28.9 Å². The molecule has 0 bridgehead atoms. The summed E-state index contributed by atoms with van der Waals surface area (Å²) >= 11 is 0. The predicted molar refractivity (Wildman–Crippen MR) is 101 cm³/mol. The first-order chi connectivity index (χ1) is 13.7. The van der Waals surface area contributed by atoms with Crippen LogP contribution < -0.4 is 0 Å². The van der Waals surface area contributed by atoms with E-state index >= 15 is 0 Å². The number of rotatable bonds is 3. The van der Waals surface area contributed by atoms with Crippen LogP contribution in [-0.4, -0.2) is 14.5 Å². The summed E-state index contributed by atoms with van der Waals surface area (Å²) in [5.41, 5.74) is -0.522. The van der Waals surface area contributed by atoms with Crippen LogP contribution in [0.2, 0.25) is 0 Å². The zero-order valence-electron chi connectivity index (χ0n) is 15.5. The minimum absolute atomic E-state index is 0.00142. The Kier molecular flexibility index (Phi) is 4.42. The minimum atomic E-state index is -1.39. The minimum Gasteiger partial charge on any atom is -0.386 e. The van der Waals surface area contributed by atoms with E-state index in [2.05, 4.69) is 4.98 Å². The first kappa shape index (κ1) is 19.1. The molecule has 0 saturated heterocycles. The summed E-state index contributed by atoms with van der Waals surface area (Å²) in [5, 5.41) is 10.1. The summed E-state index contributed by atoms with van der Waals surface area (Å²) in [5.74, 6) is -3.00. The molecule has 0 radical (unpaired) electrons. The van der Waals surface area contributed by atoms with Crippen molar-refractivity contribution in [2.45, 2.75) is 19.4 Å². The van der Waals surface area contributed by atoms with E-state index in [1.54, 1.807) is 6.20 Å². The van der Waals surface area contributed by atoms with Crippen LogP contribution in [0.4, 0.5) is 17.6 Å². The Morgan fingerprint density at radius 1 is 0.897 bits per heavy atom. The van der Waals surface area contributed by atoms with E-state index in [1.807, 2.05) is 0 Å². The van der Waals surface area contributed by atoms with Crippen molar-refractivity contribution in [1.29, 1.82) is 0 Å². The normalized spacial score (nSPS) is 12.0. The van der Waals surface area contributed by atoms with Gasteiger partial charge >= 0.3 is 0 Å². The Bertz CT molecular complexity index is 1240. The molecule has 0 amide bonds. The van der Waals surface area contributed by atoms with E-state index in [1.165, 1.54) is 42.6 Å². The molecule has 0 aliphatic carbocycles. The SMILES string of the molecule is CC(C)(O)c1ccn2c(-c3ccc(F)c(-c4ccc(F)cc4F)c3)cnc2c1F. The van der Waals surface area contributed by atoms with E-state index in [9.17, 15) is 22.7 Å². The number of hydrogen-bond acceptors (Lipinski definition) is 2. The lowest BCUT2D eigenvalue weighted by atomic mass is 9.99. The highest BCUT2D eigenvalue weighted by molar-refractivity contribution is 5.73. The lowest BCUT2D eigenvalue weighted by Gasteiger charge is -2.18. The second kappa shape index (κ2) is 6.70. The van der Waals surface area contributed by atoms with Crippen LogP contribution in [-0.2, 0) is 5.60 Å². The van der Waals surface area contributed by atoms with Crippen LogP contribution in [0, 0.1) is 23.3 Å². The molecule has 0 unspecified atom stereocenters. The number of halogens is 4. The van der Waals surface area contributed by atoms with E-state index in [0.29, 0.717) is 17.3 Å². The Balaban J connectivity index is 1.88. The van der Waals surface area contributed by atoms with Crippen LogP contribution in [0.5, 0.6) is 0 Å². The molecule has 0 aliphatic rings. The zero-order chi connectivity index (χ0) is 20.9. The van der Waals surface area contributed by atoms with Gasteiger partial charge in [-0.1, -0.05) is 0 Å².